The quantitative estimate of drug-likeness (QED) is 0.874. The third-order valence-electron chi connectivity index (χ3n) is 2.88. The second-order valence-electron chi connectivity index (χ2n) is 5.69. The molecule has 0 spiro atoms. The van der Waals surface area contributed by atoms with Gasteiger partial charge in [-0.1, -0.05) is 6.92 Å². The van der Waals surface area contributed by atoms with Gasteiger partial charge in [0.25, 0.3) is 0 Å². The van der Waals surface area contributed by atoms with Crippen molar-refractivity contribution in [2.24, 2.45) is 5.92 Å². The minimum absolute atomic E-state index is 0.0223. The van der Waals surface area contributed by atoms with Crippen molar-refractivity contribution in [3.05, 3.63) is 11.8 Å². The van der Waals surface area contributed by atoms with Gasteiger partial charge in [-0.3, -0.25) is 0 Å². The Morgan fingerprint density at radius 3 is 2.71 bits per heavy atom. The highest BCUT2D eigenvalue weighted by Crippen LogP contribution is 2.32. The van der Waals surface area contributed by atoms with Crippen LogP contribution in [0.4, 0.5) is 0 Å². The first-order chi connectivity index (χ1) is 7.96. The molecule has 1 fully saturated rings. The molecular weight excluding hydrogens is 218 g/mol. The minimum atomic E-state index is -0.0223. The van der Waals surface area contributed by atoms with E-state index in [1.807, 2.05) is 0 Å². The van der Waals surface area contributed by atoms with Crippen molar-refractivity contribution in [3.63, 3.8) is 0 Å². The Kier molecular flexibility index (Phi) is 3.49. The Balaban J connectivity index is 1.96. The van der Waals surface area contributed by atoms with E-state index in [-0.39, 0.29) is 11.6 Å². The molecule has 0 bridgehead atoms. The van der Waals surface area contributed by atoms with Crippen LogP contribution in [0.15, 0.2) is 4.42 Å². The number of aromatic nitrogens is 2. The van der Waals surface area contributed by atoms with Gasteiger partial charge < -0.3 is 14.5 Å². The normalized spacial score (nSPS) is 25.4. The largest absolute Gasteiger partial charge is 0.421 e. The molecular formula is C12H21N3O2. The van der Waals surface area contributed by atoms with E-state index in [1.165, 1.54) is 0 Å². The lowest BCUT2D eigenvalue weighted by Gasteiger charge is -2.18. The predicted octanol–water partition coefficient (Wildman–Crippen LogP) is 2.06. The van der Waals surface area contributed by atoms with Crippen LogP contribution in [-0.2, 0) is 11.3 Å². The molecule has 1 aromatic heterocycles. The van der Waals surface area contributed by atoms with E-state index < -0.39 is 0 Å². The topological polar surface area (TPSA) is 60.2 Å². The lowest BCUT2D eigenvalue weighted by atomic mass is 10.0. The summed E-state index contributed by atoms with van der Waals surface area (Å²) in [5, 5.41) is 11.4. The van der Waals surface area contributed by atoms with Crippen molar-refractivity contribution in [3.8, 4) is 0 Å². The fourth-order valence-corrected chi connectivity index (χ4v) is 1.81. The molecule has 5 nitrogen and oxygen atoms in total. The summed E-state index contributed by atoms with van der Waals surface area (Å²) in [6, 6.07) is 0. The van der Waals surface area contributed by atoms with Gasteiger partial charge in [0.05, 0.1) is 6.54 Å². The molecule has 1 saturated heterocycles. The van der Waals surface area contributed by atoms with Crippen LogP contribution in [0.1, 0.15) is 52.0 Å². The number of nitrogens with zero attached hydrogens (tertiary/aromatic N) is 2. The molecule has 17 heavy (non-hydrogen) atoms. The van der Waals surface area contributed by atoms with Crippen molar-refractivity contribution in [2.75, 3.05) is 6.61 Å². The smallest absolute Gasteiger partial charge is 0.245 e. The predicted molar refractivity (Wildman–Crippen MR) is 63.4 cm³/mol. The van der Waals surface area contributed by atoms with Crippen molar-refractivity contribution in [1.82, 2.24) is 15.5 Å². The van der Waals surface area contributed by atoms with Crippen LogP contribution in [0.3, 0.4) is 0 Å². The molecule has 2 rings (SSSR count). The average molecular weight is 239 g/mol. The van der Waals surface area contributed by atoms with Gasteiger partial charge in [0.1, 0.15) is 6.10 Å². The van der Waals surface area contributed by atoms with Crippen LogP contribution < -0.4 is 5.32 Å². The van der Waals surface area contributed by atoms with Crippen LogP contribution in [0.5, 0.6) is 0 Å². The highest BCUT2D eigenvalue weighted by atomic mass is 16.5. The van der Waals surface area contributed by atoms with E-state index in [1.54, 1.807) is 0 Å². The monoisotopic (exact) mass is 239 g/mol. The van der Waals surface area contributed by atoms with Crippen LogP contribution in [0.25, 0.3) is 0 Å². The maximum atomic E-state index is 5.62. The van der Waals surface area contributed by atoms with E-state index >= 15 is 0 Å². The average Bonchev–Trinajstić information content (AvgIpc) is 2.81. The van der Waals surface area contributed by atoms with Gasteiger partial charge in [0, 0.05) is 12.1 Å². The zero-order valence-corrected chi connectivity index (χ0v) is 11.0. The SMILES string of the molecule is CC1CCOC1c1nnc(CNC(C)(C)C)o1. The first-order valence-electron chi connectivity index (χ1n) is 6.14. The fourth-order valence-electron chi connectivity index (χ4n) is 1.81. The van der Waals surface area contributed by atoms with Crippen LogP contribution in [0, 0.1) is 5.92 Å². The van der Waals surface area contributed by atoms with Gasteiger partial charge in [-0.25, -0.2) is 0 Å². The van der Waals surface area contributed by atoms with Gasteiger partial charge in [-0.15, -0.1) is 10.2 Å². The Bertz CT molecular complexity index is 370. The van der Waals surface area contributed by atoms with E-state index in [0.29, 0.717) is 24.2 Å². The summed E-state index contributed by atoms with van der Waals surface area (Å²) in [7, 11) is 0. The molecule has 2 heterocycles. The van der Waals surface area contributed by atoms with E-state index in [0.717, 1.165) is 13.0 Å². The lowest BCUT2D eigenvalue weighted by Crippen LogP contribution is -2.35. The molecule has 2 atom stereocenters. The second-order valence-corrected chi connectivity index (χ2v) is 5.69. The third kappa shape index (κ3) is 3.26. The van der Waals surface area contributed by atoms with Crippen molar-refractivity contribution < 1.29 is 9.15 Å². The van der Waals surface area contributed by atoms with Crippen LogP contribution >= 0.6 is 0 Å². The molecule has 1 aliphatic rings. The summed E-state index contributed by atoms with van der Waals surface area (Å²) in [6.07, 6.45) is 1.04. The van der Waals surface area contributed by atoms with Gasteiger partial charge in [-0.2, -0.15) is 0 Å². The summed E-state index contributed by atoms with van der Waals surface area (Å²) in [5.74, 6) is 1.69. The molecule has 2 unspecified atom stereocenters. The number of hydrogen-bond donors (Lipinski definition) is 1. The number of nitrogens with one attached hydrogen (secondary N) is 1. The van der Waals surface area contributed by atoms with Crippen LogP contribution in [0.2, 0.25) is 0 Å². The van der Waals surface area contributed by atoms with Gasteiger partial charge in [0.15, 0.2) is 0 Å². The molecule has 1 N–H and O–H groups in total. The molecule has 0 radical (unpaired) electrons. The van der Waals surface area contributed by atoms with Gasteiger partial charge >= 0.3 is 0 Å². The second kappa shape index (κ2) is 4.74. The lowest BCUT2D eigenvalue weighted by molar-refractivity contribution is 0.0702. The summed E-state index contributed by atoms with van der Waals surface area (Å²) >= 11 is 0. The number of rotatable bonds is 3. The fraction of sp³-hybridized carbons (Fsp3) is 0.833. The zero-order valence-electron chi connectivity index (χ0n) is 11.0. The van der Waals surface area contributed by atoms with Crippen LogP contribution in [-0.4, -0.2) is 22.3 Å². The summed E-state index contributed by atoms with van der Waals surface area (Å²) in [5.41, 5.74) is 0.0474. The molecule has 1 aliphatic heterocycles. The number of hydrogen-bond acceptors (Lipinski definition) is 5. The van der Waals surface area contributed by atoms with Gasteiger partial charge in [0.2, 0.25) is 11.8 Å². The Morgan fingerprint density at radius 2 is 2.12 bits per heavy atom. The Hall–Kier alpha value is -0.940. The zero-order chi connectivity index (χ0) is 12.5. The highest BCUT2D eigenvalue weighted by molar-refractivity contribution is 4.92. The van der Waals surface area contributed by atoms with E-state index in [4.69, 9.17) is 9.15 Å². The van der Waals surface area contributed by atoms with Crippen molar-refractivity contribution in [2.45, 2.75) is 52.3 Å². The molecule has 1 aromatic rings. The minimum Gasteiger partial charge on any atom is -0.421 e. The Labute approximate surface area is 102 Å². The summed E-state index contributed by atoms with van der Waals surface area (Å²) in [6.45, 7) is 9.83. The first-order valence-corrected chi connectivity index (χ1v) is 6.14. The maximum Gasteiger partial charge on any atom is 0.245 e. The van der Waals surface area contributed by atoms with E-state index in [9.17, 15) is 0 Å². The maximum absolute atomic E-state index is 5.62. The highest BCUT2D eigenvalue weighted by Gasteiger charge is 2.30. The molecule has 0 saturated carbocycles. The number of ether oxygens (including phenoxy) is 1. The van der Waals surface area contributed by atoms with Crippen molar-refractivity contribution in [1.29, 1.82) is 0 Å². The first kappa shape index (κ1) is 12.5. The molecule has 0 aliphatic carbocycles. The summed E-state index contributed by atoms with van der Waals surface area (Å²) < 4.78 is 11.2. The Morgan fingerprint density at radius 1 is 1.35 bits per heavy atom. The molecule has 0 amide bonds. The standard InChI is InChI=1S/C12H21N3O2/c1-8-5-6-16-10(8)11-15-14-9(17-11)7-13-12(2,3)4/h8,10,13H,5-7H2,1-4H3. The van der Waals surface area contributed by atoms with Gasteiger partial charge in [-0.05, 0) is 33.1 Å². The molecule has 5 heteroatoms. The van der Waals surface area contributed by atoms with E-state index in [2.05, 4.69) is 43.2 Å². The molecule has 96 valence electrons. The third-order valence-corrected chi connectivity index (χ3v) is 2.88. The van der Waals surface area contributed by atoms with Crippen molar-refractivity contribution >= 4 is 0 Å². The molecule has 0 aromatic carbocycles. The summed E-state index contributed by atoms with van der Waals surface area (Å²) in [4.78, 5) is 0.